The van der Waals surface area contributed by atoms with Crippen molar-refractivity contribution in [1.82, 2.24) is 0 Å². The van der Waals surface area contributed by atoms with Crippen LogP contribution in [0, 0.1) is 0 Å². The third-order valence-electron chi connectivity index (χ3n) is 2.57. The zero-order valence-corrected chi connectivity index (χ0v) is 12.3. The van der Waals surface area contributed by atoms with Gasteiger partial charge in [0, 0.05) is 10.3 Å². The van der Waals surface area contributed by atoms with Gasteiger partial charge >= 0.3 is 0 Å². The van der Waals surface area contributed by atoms with Gasteiger partial charge in [0.1, 0.15) is 19.5 Å². The molecule has 0 aromatic heterocycles. The summed E-state index contributed by atoms with van der Waals surface area (Å²) in [5.41, 5.74) is 0.259. The summed E-state index contributed by atoms with van der Waals surface area (Å²) < 4.78 is 29.3. The van der Waals surface area contributed by atoms with Crippen molar-refractivity contribution in [1.29, 1.82) is 0 Å². The Labute approximate surface area is 117 Å². The molecule has 19 heavy (non-hydrogen) atoms. The van der Waals surface area contributed by atoms with E-state index in [0.29, 0.717) is 30.1 Å². The van der Waals surface area contributed by atoms with Crippen molar-refractivity contribution in [3.63, 3.8) is 0 Å². The van der Waals surface area contributed by atoms with Gasteiger partial charge in [-0.05, 0) is 30.7 Å². The fourth-order valence-electron chi connectivity index (χ4n) is 1.64. The molecule has 1 aromatic carbocycles. The molecule has 0 N–H and O–H groups in total. The molecular formula is C13H16ClO4P. The average Bonchev–Trinajstić information content (AvgIpc) is 2.46. The van der Waals surface area contributed by atoms with Crippen molar-refractivity contribution in [2.75, 3.05) is 19.8 Å². The van der Waals surface area contributed by atoms with Crippen LogP contribution in [-0.4, -0.2) is 19.8 Å². The van der Waals surface area contributed by atoms with Gasteiger partial charge in [0.15, 0.2) is 0 Å². The average molecular weight is 303 g/mol. The van der Waals surface area contributed by atoms with Crippen molar-refractivity contribution in [2.45, 2.75) is 13.3 Å². The number of benzene rings is 1. The lowest BCUT2D eigenvalue weighted by molar-refractivity contribution is 0.0945. The Bertz CT molecular complexity index is 498. The Morgan fingerprint density at radius 1 is 1.32 bits per heavy atom. The molecule has 0 bridgehead atoms. The minimum atomic E-state index is -3.23. The Kier molecular flexibility index (Phi) is 4.92. The molecule has 0 spiro atoms. The highest BCUT2D eigenvalue weighted by molar-refractivity contribution is 7.70. The Hall–Kier alpha value is -0.960. The largest absolute Gasteiger partial charge is 0.494 e. The molecule has 0 aliphatic carbocycles. The van der Waals surface area contributed by atoms with Crippen LogP contribution in [0.1, 0.15) is 13.3 Å². The van der Waals surface area contributed by atoms with Gasteiger partial charge < -0.3 is 14.0 Å². The lowest BCUT2D eigenvalue weighted by Crippen LogP contribution is -2.16. The Morgan fingerprint density at radius 2 is 2.05 bits per heavy atom. The number of hydrogen-bond acceptors (Lipinski definition) is 4. The van der Waals surface area contributed by atoms with E-state index < -0.39 is 7.37 Å². The predicted octanol–water partition coefficient (Wildman–Crippen LogP) is 3.52. The van der Waals surface area contributed by atoms with E-state index in [-0.39, 0.29) is 5.50 Å². The van der Waals surface area contributed by atoms with Crippen LogP contribution in [0.2, 0.25) is 5.02 Å². The molecular weight excluding hydrogens is 287 g/mol. The molecule has 1 atom stereocenters. The van der Waals surface area contributed by atoms with E-state index in [9.17, 15) is 4.57 Å². The maximum atomic E-state index is 13.1. The summed E-state index contributed by atoms with van der Waals surface area (Å²) in [6, 6.07) is 6.75. The van der Waals surface area contributed by atoms with Crippen molar-refractivity contribution in [3.8, 4) is 0 Å². The molecule has 0 radical (unpaired) electrons. The zero-order chi connectivity index (χ0) is 13.7. The highest BCUT2D eigenvalue weighted by Crippen LogP contribution is 2.55. The fraction of sp³-hybridized carbons (Fsp3) is 0.385. The first kappa shape index (κ1) is 14.4. The topological polar surface area (TPSA) is 44.8 Å². The Balaban J connectivity index is 2.36. The quantitative estimate of drug-likeness (QED) is 0.781. The van der Waals surface area contributed by atoms with E-state index in [2.05, 4.69) is 0 Å². The van der Waals surface area contributed by atoms with E-state index in [1.54, 1.807) is 24.3 Å². The smallest absolute Gasteiger partial charge is 0.298 e. The lowest BCUT2D eigenvalue weighted by Gasteiger charge is -2.24. The third kappa shape index (κ3) is 3.33. The number of halogens is 1. The standard InChI is InChI=1S/C13H16ClO4P/c1-2-7-18-19(15,13-10-16-8-9-17-13)12-5-3-11(14)4-6-12/h3-6,10H,2,7-9H2,1H3. The van der Waals surface area contributed by atoms with Crippen LogP contribution >= 0.6 is 19.0 Å². The number of ether oxygens (including phenoxy) is 2. The molecule has 1 unspecified atom stereocenters. The lowest BCUT2D eigenvalue weighted by atomic mass is 10.4. The van der Waals surface area contributed by atoms with Gasteiger partial charge in [-0.2, -0.15) is 0 Å². The first-order valence-corrected chi connectivity index (χ1v) is 8.13. The van der Waals surface area contributed by atoms with E-state index in [0.717, 1.165) is 6.42 Å². The molecule has 0 saturated carbocycles. The molecule has 0 amide bonds. The molecule has 1 aliphatic rings. The fourth-order valence-corrected chi connectivity index (χ4v) is 3.75. The first-order valence-electron chi connectivity index (χ1n) is 6.12. The second kappa shape index (κ2) is 6.47. The molecule has 0 saturated heterocycles. The summed E-state index contributed by atoms with van der Waals surface area (Å²) in [4.78, 5) is 0. The van der Waals surface area contributed by atoms with Crippen molar-refractivity contribution >= 4 is 24.3 Å². The molecule has 1 aromatic rings. The summed E-state index contributed by atoms with van der Waals surface area (Å²) in [6.07, 6.45) is 2.15. The maximum Gasteiger partial charge on any atom is 0.298 e. The molecule has 4 nitrogen and oxygen atoms in total. The maximum absolute atomic E-state index is 13.1. The van der Waals surface area contributed by atoms with Gasteiger partial charge in [0.25, 0.3) is 7.37 Å². The van der Waals surface area contributed by atoms with Gasteiger partial charge in [-0.3, -0.25) is 4.57 Å². The highest BCUT2D eigenvalue weighted by Gasteiger charge is 2.34. The zero-order valence-electron chi connectivity index (χ0n) is 10.7. The minimum Gasteiger partial charge on any atom is -0.494 e. The van der Waals surface area contributed by atoms with E-state index >= 15 is 0 Å². The molecule has 1 heterocycles. The van der Waals surface area contributed by atoms with Crippen LogP contribution in [-0.2, 0) is 18.6 Å². The highest BCUT2D eigenvalue weighted by atomic mass is 35.5. The van der Waals surface area contributed by atoms with Crippen molar-refractivity contribution in [3.05, 3.63) is 41.1 Å². The van der Waals surface area contributed by atoms with Crippen molar-refractivity contribution < 1.29 is 18.6 Å². The van der Waals surface area contributed by atoms with Gasteiger partial charge in [-0.1, -0.05) is 18.5 Å². The van der Waals surface area contributed by atoms with Crippen LogP contribution in [0.25, 0.3) is 0 Å². The molecule has 104 valence electrons. The van der Waals surface area contributed by atoms with Crippen LogP contribution in [0.4, 0.5) is 0 Å². The van der Waals surface area contributed by atoms with Crippen LogP contribution in [0.15, 0.2) is 36.0 Å². The second-order valence-electron chi connectivity index (χ2n) is 4.04. The van der Waals surface area contributed by atoms with E-state index in [1.165, 1.54) is 6.26 Å². The monoisotopic (exact) mass is 302 g/mol. The molecule has 2 rings (SSSR count). The van der Waals surface area contributed by atoms with Gasteiger partial charge in [-0.15, -0.1) is 0 Å². The SMILES string of the molecule is CCCOP(=O)(C1=COCCO1)c1ccc(Cl)cc1. The summed E-state index contributed by atoms with van der Waals surface area (Å²) in [6.45, 7) is 3.18. The predicted molar refractivity (Wildman–Crippen MR) is 74.9 cm³/mol. The van der Waals surface area contributed by atoms with Gasteiger partial charge in [0.2, 0.25) is 5.50 Å². The second-order valence-corrected chi connectivity index (χ2v) is 6.79. The van der Waals surface area contributed by atoms with Crippen LogP contribution in [0.5, 0.6) is 0 Å². The van der Waals surface area contributed by atoms with Crippen LogP contribution in [0.3, 0.4) is 0 Å². The van der Waals surface area contributed by atoms with E-state index in [4.69, 9.17) is 25.6 Å². The molecule has 0 fully saturated rings. The van der Waals surface area contributed by atoms with Gasteiger partial charge in [0.05, 0.1) is 6.61 Å². The van der Waals surface area contributed by atoms with Crippen molar-refractivity contribution in [2.24, 2.45) is 0 Å². The summed E-state index contributed by atoms with van der Waals surface area (Å²) in [7, 11) is -3.23. The third-order valence-corrected chi connectivity index (χ3v) is 5.16. The number of rotatable bonds is 5. The number of hydrogen-bond donors (Lipinski definition) is 0. The summed E-state index contributed by atoms with van der Waals surface area (Å²) in [5, 5.41) is 1.14. The summed E-state index contributed by atoms with van der Waals surface area (Å²) >= 11 is 5.85. The molecule has 6 heteroatoms. The Morgan fingerprint density at radius 3 is 2.63 bits per heavy atom. The minimum absolute atomic E-state index is 0.259. The van der Waals surface area contributed by atoms with E-state index in [1.807, 2.05) is 6.92 Å². The van der Waals surface area contributed by atoms with Crippen LogP contribution < -0.4 is 5.30 Å². The normalized spacial score (nSPS) is 17.9. The van der Waals surface area contributed by atoms with Gasteiger partial charge in [-0.25, -0.2) is 0 Å². The molecule has 1 aliphatic heterocycles. The summed E-state index contributed by atoms with van der Waals surface area (Å²) in [5.74, 6) is 0. The first-order chi connectivity index (χ1) is 9.16.